The van der Waals surface area contributed by atoms with Crippen LogP contribution in [0.1, 0.15) is 4.88 Å². The summed E-state index contributed by atoms with van der Waals surface area (Å²) in [7, 11) is 1.64. The second-order valence-corrected chi connectivity index (χ2v) is 8.36. The summed E-state index contributed by atoms with van der Waals surface area (Å²) in [6, 6.07) is 22.4. The van der Waals surface area contributed by atoms with Crippen molar-refractivity contribution < 1.29 is 14.4 Å². The van der Waals surface area contributed by atoms with E-state index in [4.69, 9.17) is 4.74 Å². The van der Waals surface area contributed by atoms with Gasteiger partial charge in [-0.2, -0.15) is 8.97 Å². The van der Waals surface area contributed by atoms with Crippen LogP contribution in [0.25, 0.3) is 27.3 Å². The summed E-state index contributed by atoms with van der Waals surface area (Å²) in [5, 5.41) is 12.1. The van der Waals surface area contributed by atoms with E-state index in [1.807, 2.05) is 66.7 Å². The van der Waals surface area contributed by atoms with E-state index < -0.39 is 0 Å². The van der Waals surface area contributed by atoms with Crippen LogP contribution in [0.15, 0.2) is 90.0 Å². The minimum atomic E-state index is -0.262. The minimum absolute atomic E-state index is 0.0660. The van der Waals surface area contributed by atoms with Crippen molar-refractivity contribution in [3.8, 4) is 33.3 Å². The number of aromatic hydroxyl groups is 1. The third kappa shape index (κ3) is 3.52. The average molecular weight is 443 g/mol. The highest BCUT2D eigenvalue weighted by Crippen LogP contribution is 2.29. The molecule has 3 aromatic heterocycles. The zero-order chi connectivity index (χ0) is 22.1. The number of nitrogens with zero attached hydrogens (tertiary/aromatic N) is 3. The number of pyridine rings is 1. The highest BCUT2D eigenvalue weighted by molar-refractivity contribution is 7.15. The molecule has 7 heteroatoms. The molecule has 5 aromatic rings. The van der Waals surface area contributed by atoms with Crippen molar-refractivity contribution in [1.82, 2.24) is 9.38 Å². The second-order valence-electron chi connectivity index (χ2n) is 7.25. The Morgan fingerprint density at radius 2 is 1.81 bits per heavy atom. The van der Waals surface area contributed by atoms with E-state index in [-0.39, 0.29) is 17.0 Å². The van der Waals surface area contributed by atoms with Crippen LogP contribution in [0.2, 0.25) is 0 Å². The van der Waals surface area contributed by atoms with Crippen LogP contribution in [0.3, 0.4) is 0 Å². The fraction of sp³-hybridized carbons (Fsp3) is 0.0800. The molecule has 0 saturated heterocycles. The van der Waals surface area contributed by atoms with Crippen molar-refractivity contribution in [1.29, 1.82) is 0 Å². The largest absolute Gasteiger partial charge is 0.497 e. The Labute approximate surface area is 188 Å². The lowest BCUT2D eigenvalue weighted by Crippen LogP contribution is -2.41. The third-order valence-corrected chi connectivity index (χ3v) is 6.30. The normalized spacial score (nSPS) is 11.0. The zero-order valence-corrected chi connectivity index (χ0v) is 18.1. The van der Waals surface area contributed by atoms with Gasteiger partial charge in [0.25, 0.3) is 11.5 Å². The Hall–Kier alpha value is -3.97. The summed E-state index contributed by atoms with van der Waals surface area (Å²) >= 11 is 1.54. The fourth-order valence-corrected chi connectivity index (χ4v) is 4.62. The molecule has 6 nitrogen and oxygen atoms in total. The molecule has 158 valence electrons. The summed E-state index contributed by atoms with van der Waals surface area (Å²) in [5.74, 6) is 0.705. The quantitative estimate of drug-likeness (QED) is 0.416. The van der Waals surface area contributed by atoms with Crippen LogP contribution < -0.4 is 14.9 Å². The molecule has 0 radical (unpaired) electrons. The molecule has 0 aliphatic rings. The van der Waals surface area contributed by atoms with E-state index >= 15 is 0 Å². The van der Waals surface area contributed by atoms with Gasteiger partial charge < -0.3 is 9.84 Å². The van der Waals surface area contributed by atoms with Gasteiger partial charge in [-0.25, -0.2) is 9.78 Å². The molecule has 2 aromatic carbocycles. The van der Waals surface area contributed by atoms with Crippen LogP contribution >= 0.6 is 11.3 Å². The van der Waals surface area contributed by atoms with Crippen LogP contribution in [-0.4, -0.2) is 21.6 Å². The molecular formula is C25H20N3O3S+. The molecule has 0 amide bonds. The molecule has 0 unspecified atom stereocenters. The highest BCUT2D eigenvalue weighted by Gasteiger charge is 2.25. The third-order valence-electron chi connectivity index (χ3n) is 5.27. The van der Waals surface area contributed by atoms with E-state index in [9.17, 15) is 9.90 Å². The van der Waals surface area contributed by atoms with E-state index in [1.165, 1.54) is 11.3 Å². The Morgan fingerprint density at radius 3 is 2.62 bits per heavy atom. The average Bonchev–Trinajstić information content (AvgIpc) is 3.31. The molecule has 5 rings (SSSR count). The topological polar surface area (TPSA) is 67.7 Å². The number of hydrogen-bond acceptors (Lipinski definition) is 5. The zero-order valence-electron chi connectivity index (χ0n) is 17.3. The Kier molecular flexibility index (Phi) is 5.17. The van der Waals surface area contributed by atoms with Gasteiger partial charge in [-0.1, -0.05) is 48.5 Å². The maximum Gasteiger partial charge on any atom is 0.354 e. The van der Waals surface area contributed by atoms with Crippen molar-refractivity contribution in [2.24, 2.45) is 0 Å². The van der Waals surface area contributed by atoms with Crippen molar-refractivity contribution in [2.75, 3.05) is 7.11 Å². The minimum Gasteiger partial charge on any atom is -0.497 e. The van der Waals surface area contributed by atoms with Gasteiger partial charge in [0.05, 0.1) is 18.2 Å². The monoisotopic (exact) mass is 442 g/mol. The lowest BCUT2D eigenvalue weighted by Gasteiger charge is -2.09. The van der Waals surface area contributed by atoms with E-state index in [0.29, 0.717) is 17.8 Å². The molecule has 0 saturated carbocycles. The smallest absolute Gasteiger partial charge is 0.354 e. The summed E-state index contributed by atoms with van der Waals surface area (Å²) in [6.45, 7) is 0.376. The predicted molar refractivity (Wildman–Crippen MR) is 124 cm³/mol. The first-order chi connectivity index (χ1) is 15.7. The number of thiazole rings is 1. The van der Waals surface area contributed by atoms with E-state index in [2.05, 4.69) is 4.98 Å². The lowest BCUT2D eigenvalue weighted by molar-refractivity contribution is -0.671. The Morgan fingerprint density at radius 1 is 1.03 bits per heavy atom. The van der Waals surface area contributed by atoms with Crippen molar-refractivity contribution >= 4 is 17.0 Å². The maximum absolute atomic E-state index is 13.2. The maximum atomic E-state index is 13.2. The van der Waals surface area contributed by atoms with Gasteiger partial charge in [-0.15, -0.1) is 11.3 Å². The molecule has 32 heavy (non-hydrogen) atoms. The molecule has 0 fully saturated rings. The number of rotatable bonds is 5. The summed E-state index contributed by atoms with van der Waals surface area (Å²) in [5.41, 5.74) is 2.25. The lowest BCUT2D eigenvalue weighted by atomic mass is 10.1. The Balaban J connectivity index is 1.62. The van der Waals surface area contributed by atoms with Gasteiger partial charge in [-0.3, -0.25) is 0 Å². The van der Waals surface area contributed by atoms with Gasteiger partial charge in [-0.05, 0) is 23.8 Å². The SMILES string of the molecule is COc1cccc(-c2ncc(C[n+]3c(O)c(-c4ccccc4)c(=O)n4ccccc43)s2)c1. The van der Waals surface area contributed by atoms with Crippen molar-refractivity contribution in [3.63, 3.8) is 0 Å². The second kappa shape index (κ2) is 8.28. The molecule has 0 aliphatic heterocycles. The summed E-state index contributed by atoms with van der Waals surface area (Å²) in [4.78, 5) is 18.7. The predicted octanol–water partition coefficient (Wildman–Crippen LogP) is 4.14. The van der Waals surface area contributed by atoms with Crippen LogP contribution in [0.5, 0.6) is 11.6 Å². The molecule has 0 aliphatic carbocycles. The van der Waals surface area contributed by atoms with E-state index in [1.54, 1.807) is 34.5 Å². The Bertz CT molecular complexity index is 1480. The molecule has 0 spiro atoms. The fourth-order valence-electron chi connectivity index (χ4n) is 3.72. The van der Waals surface area contributed by atoms with Crippen molar-refractivity contribution in [2.45, 2.75) is 6.54 Å². The first-order valence-electron chi connectivity index (χ1n) is 10.1. The van der Waals surface area contributed by atoms with Gasteiger partial charge in [0.15, 0.2) is 5.56 Å². The van der Waals surface area contributed by atoms with Gasteiger partial charge in [0.2, 0.25) is 0 Å². The number of fused-ring (bicyclic) bond motifs is 1. The summed E-state index contributed by atoms with van der Waals surface area (Å²) < 4.78 is 8.62. The first kappa shape index (κ1) is 20.0. The number of methoxy groups -OCH3 is 1. The van der Waals surface area contributed by atoms with Gasteiger partial charge in [0, 0.05) is 17.8 Å². The number of hydrogen-bond donors (Lipinski definition) is 1. The molecule has 1 N–H and O–H groups in total. The summed E-state index contributed by atoms with van der Waals surface area (Å²) in [6.07, 6.45) is 3.52. The molecular weight excluding hydrogens is 422 g/mol. The highest BCUT2D eigenvalue weighted by atomic mass is 32.1. The van der Waals surface area contributed by atoms with Crippen LogP contribution in [0.4, 0.5) is 0 Å². The molecule has 0 atom stereocenters. The number of benzene rings is 2. The van der Waals surface area contributed by atoms with Crippen LogP contribution in [0, 0.1) is 0 Å². The van der Waals surface area contributed by atoms with Gasteiger partial charge in [0.1, 0.15) is 17.3 Å². The van der Waals surface area contributed by atoms with Gasteiger partial charge >= 0.3 is 5.56 Å². The van der Waals surface area contributed by atoms with Crippen molar-refractivity contribution in [3.05, 3.63) is 100 Å². The number of ether oxygens (including phenoxy) is 1. The van der Waals surface area contributed by atoms with E-state index in [0.717, 1.165) is 21.2 Å². The standard InChI is InChI=1S/C25H19N3O3S/c1-31-19-11-7-10-18(14-19)23-26-15-20(32-23)16-28-21-12-5-6-13-27(21)24(29)22(25(28)30)17-8-3-2-4-9-17/h2-15H,16H2,1H3/p+1. The number of aromatic nitrogens is 3. The first-order valence-corrected chi connectivity index (χ1v) is 10.9. The molecule has 3 heterocycles. The van der Waals surface area contributed by atoms with Crippen LogP contribution in [-0.2, 0) is 6.54 Å². The molecule has 0 bridgehead atoms.